The lowest BCUT2D eigenvalue weighted by Crippen LogP contribution is -2.35. The molecule has 0 radical (unpaired) electrons. The van der Waals surface area contributed by atoms with E-state index in [1.54, 1.807) is 18.2 Å². The molecular formula is C21H20N4O6S. The van der Waals surface area contributed by atoms with Crippen LogP contribution in [0.4, 0.5) is 15.5 Å². The number of carbonyl (C=O) groups is 5. The minimum atomic E-state index is -0.675. The third kappa shape index (κ3) is 3.82. The molecule has 0 spiro atoms. The van der Waals surface area contributed by atoms with Gasteiger partial charge in [-0.3, -0.25) is 24.1 Å². The number of methoxy groups -OCH3 is 1. The highest BCUT2D eigenvalue weighted by Gasteiger charge is 2.32. The van der Waals surface area contributed by atoms with E-state index in [1.807, 2.05) is 0 Å². The molecule has 1 aromatic carbocycles. The number of rotatable bonds is 4. The Morgan fingerprint density at radius 1 is 1.12 bits per heavy atom. The van der Waals surface area contributed by atoms with Crippen LogP contribution in [0.5, 0.6) is 0 Å². The zero-order valence-electron chi connectivity index (χ0n) is 17.2. The molecule has 1 saturated heterocycles. The van der Waals surface area contributed by atoms with Crippen LogP contribution in [0.25, 0.3) is 0 Å². The molecular weight excluding hydrogens is 436 g/mol. The molecule has 0 aliphatic carbocycles. The van der Waals surface area contributed by atoms with E-state index >= 15 is 0 Å². The molecule has 10 nitrogen and oxygen atoms in total. The van der Waals surface area contributed by atoms with E-state index in [9.17, 15) is 24.0 Å². The topological polar surface area (TPSA) is 139 Å². The predicted molar refractivity (Wildman–Crippen MR) is 115 cm³/mol. The van der Waals surface area contributed by atoms with Crippen LogP contribution in [-0.2, 0) is 27.3 Å². The number of nitrogens with zero attached hydrogens (tertiary/aromatic N) is 2. The number of thiophene rings is 1. The fraction of sp³-hybridized carbons (Fsp3) is 0.286. The number of nitrogens with one attached hydrogen (secondary N) is 1. The Kier molecular flexibility index (Phi) is 5.66. The second-order valence-corrected chi connectivity index (χ2v) is 8.45. The highest BCUT2D eigenvalue weighted by molar-refractivity contribution is 7.17. The maximum Gasteiger partial charge on any atom is 0.409 e. The monoisotopic (exact) mass is 456 g/mol. The van der Waals surface area contributed by atoms with Crippen LogP contribution in [0, 0.1) is 0 Å². The van der Waals surface area contributed by atoms with Gasteiger partial charge in [-0.25, -0.2) is 4.79 Å². The molecule has 3 heterocycles. The van der Waals surface area contributed by atoms with Crippen molar-refractivity contribution in [2.45, 2.75) is 25.8 Å². The quantitative estimate of drug-likeness (QED) is 0.674. The van der Waals surface area contributed by atoms with Crippen LogP contribution in [0.1, 0.15) is 44.0 Å². The Morgan fingerprint density at radius 2 is 1.84 bits per heavy atom. The molecule has 0 bridgehead atoms. The fourth-order valence-electron chi connectivity index (χ4n) is 3.86. The Labute approximate surface area is 186 Å². The first kappa shape index (κ1) is 21.5. The number of hydrogen-bond donors (Lipinski definition) is 2. The molecule has 5 amide bonds. The van der Waals surface area contributed by atoms with Gasteiger partial charge in [-0.2, -0.15) is 0 Å². The summed E-state index contributed by atoms with van der Waals surface area (Å²) in [6.45, 7) is 0.613. The lowest BCUT2D eigenvalue weighted by molar-refractivity contribution is -0.121. The Morgan fingerprint density at radius 3 is 2.50 bits per heavy atom. The number of carbonyl (C=O) groups excluding carboxylic acids is 5. The van der Waals surface area contributed by atoms with Crippen LogP contribution < -0.4 is 16.0 Å². The third-order valence-corrected chi connectivity index (χ3v) is 6.51. The largest absolute Gasteiger partial charge is 0.453 e. The number of fused-ring (bicyclic) bond motifs is 1. The normalized spacial score (nSPS) is 15.5. The first-order valence-corrected chi connectivity index (χ1v) is 10.7. The summed E-state index contributed by atoms with van der Waals surface area (Å²) in [4.78, 5) is 64.2. The number of hydrogen-bond acceptors (Lipinski definition) is 7. The van der Waals surface area contributed by atoms with Gasteiger partial charge in [-0.15, -0.1) is 11.3 Å². The van der Waals surface area contributed by atoms with Gasteiger partial charge in [0.2, 0.25) is 11.8 Å². The van der Waals surface area contributed by atoms with Gasteiger partial charge in [-0.05, 0) is 30.2 Å². The lowest BCUT2D eigenvalue weighted by atomic mass is 10.0. The highest BCUT2D eigenvalue weighted by Crippen LogP contribution is 2.37. The van der Waals surface area contributed by atoms with Crippen molar-refractivity contribution in [1.29, 1.82) is 0 Å². The van der Waals surface area contributed by atoms with E-state index in [-0.39, 0.29) is 47.3 Å². The van der Waals surface area contributed by atoms with Gasteiger partial charge in [-0.1, -0.05) is 6.07 Å². The molecule has 166 valence electrons. The first-order valence-electron chi connectivity index (χ1n) is 9.84. The third-order valence-electron chi connectivity index (χ3n) is 5.38. The number of primary amides is 1. The van der Waals surface area contributed by atoms with Gasteiger partial charge in [0.05, 0.1) is 24.9 Å². The van der Waals surface area contributed by atoms with Crippen molar-refractivity contribution in [2.75, 3.05) is 23.9 Å². The van der Waals surface area contributed by atoms with E-state index in [4.69, 9.17) is 10.5 Å². The maximum atomic E-state index is 12.9. The van der Waals surface area contributed by atoms with Crippen LogP contribution in [0.15, 0.2) is 24.3 Å². The van der Waals surface area contributed by atoms with Crippen LogP contribution >= 0.6 is 11.3 Å². The van der Waals surface area contributed by atoms with Crippen molar-refractivity contribution in [3.8, 4) is 0 Å². The van der Waals surface area contributed by atoms with Crippen molar-refractivity contribution in [3.05, 3.63) is 45.8 Å². The van der Waals surface area contributed by atoms with Crippen molar-refractivity contribution in [1.82, 2.24) is 4.90 Å². The van der Waals surface area contributed by atoms with Gasteiger partial charge in [0, 0.05) is 29.8 Å². The Balaban J connectivity index is 1.60. The van der Waals surface area contributed by atoms with E-state index in [1.165, 1.54) is 29.4 Å². The number of benzene rings is 1. The maximum absolute atomic E-state index is 12.9. The summed E-state index contributed by atoms with van der Waals surface area (Å²) >= 11 is 1.17. The molecule has 3 N–H and O–H groups in total. The molecule has 0 atom stereocenters. The number of anilines is 2. The van der Waals surface area contributed by atoms with E-state index in [0.29, 0.717) is 24.2 Å². The minimum absolute atomic E-state index is 0.139. The zero-order valence-corrected chi connectivity index (χ0v) is 18.0. The predicted octanol–water partition coefficient (Wildman–Crippen LogP) is 1.88. The molecule has 0 saturated carbocycles. The average molecular weight is 456 g/mol. The Hall–Kier alpha value is -3.73. The van der Waals surface area contributed by atoms with Crippen molar-refractivity contribution in [2.24, 2.45) is 5.73 Å². The van der Waals surface area contributed by atoms with Gasteiger partial charge >= 0.3 is 6.09 Å². The fourth-order valence-corrected chi connectivity index (χ4v) is 5.13. The lowest BCUT2D eigenvalue weighted by Gasteiger charge is -2.25. The van der Waals surface area contributed by atoms with Crippen molar-refractivity contribution < 1.29 is 28.7 Å². The van der Waals surface area contributed by atoms with E-state index in [2.05, 4.69) is 5.32 Å². The second kappa shape index (κ2) is 8.42. The summed E-state index contributed by atoms with van der Waals surface area (Å²) in [6, 6.07) is 6.15. The number of amides is 5. The molecule has 2 aliphatic rings. The SMILES string of the molecule is COC(=O)N1CCc2c(sc(NC(=O)c3cccc(N4C(=O)CCC4=O)c3)c2C(N)=O)C1. The van der Waals surface area contributed by atoms with Crippen LogP contribution in [0.2, 0.25) is 0 Å². The van der Waals surface area contributed by atoms with E-state index in [0.717, 1.165) is 9.78 Å². The summed E-state index contributed by atoms with van der Waals surface area (Å²) in [7, 11) is 1.30. The smallest absolute Gasteiger partial charge is 0.409 e. The molecule has 1 fully saturated rings. The first-order chi connectivity index (χ1) is 15.3. The molecule has 32 heavy (non-hydrogen) atoms. The number of imide groups is 1. The second-order valence-electron chi connectivity index (χ2n) is 7.34. The standard InChI is InChI=1S/C21H20N4O6S/c1-31-21(30)24-8-7-13-14(10-24)32-20(17(13)18(22)28)23-19(29)11-3-2-4-12(9-11)25-15(26)5-6-16(25)27/h2-4,9H,5-8,10H2,1H3,(H2,22,28)(H,23,29). The summed E-state index contributed by atoms with van der Waals surface area (Å²) in [5.74, 6) is -1.82. The van der Waals surface area contributed by atoms with Gasteiger partial charge in [0.1, 0.15) is 5.00 Å². The molecule has 2 aliphatic heterocycles. The summed E-state index contributed by atoms with van der Waals surface area (Å²) in [5.41, 5.74) is 7.05. The molecule has 4 rings (SSSR count). The van der Waals surface area contributed by atoms with E-state index < -0.39 is 17.9 Å². The minimum Gasteiger partial charge on any atom is -0.453 e. The Bertz CT molecular complexity index is 1140. The molecule has 11 heteroatoms. The van der Waals surface area contributed by atoms with Gasteiger partial charge in [0.25, 0.3) is 11.8 Å². The van der Waals surface area contributed by atoms with Gasteiger partial charge in [0.15, 0.2) is 0 Å². The van der Waals surface area contributed by atoms with Gasteiger partial charge < -0.3 is 20.7 Å². The van der Waals surface area contributed by atoms with Crippen molar-refractivity contribution in [3.63, 3.8) is 0 Å². The summed E-state index contributed by atoms with van der Waals surface area (Å²) in [6.07, 6.45) is 0.211. The number of nitrogens with two attached hydrogens (primary N) is 1. The summed E-state index contributed by atoms with van der Waals surface area (Å²) in [5, 5.41) is 3.01. The average Bonchev–Trinajstić information content (AvgIpc) is 3.31. The zero-order chi connectivity index (χ0) is 23.0. The van der Waals surface area contributed by atoms with Crippen molar-refractivity contribution >= 4 is 51.7 Å². The van der Waals surface area contributed by atoms with Crippen LogP contribution in [0.3, 0.4) is 0 Å². The van der Waals surface area contributed by atoms with Crippen LogP contribution in [-0.4, -0.2) is 48.3 Å². The molecule has 1 aromatic heterocycles. The molecule has 0 unspecified atom stereocenters. The highest BCUT2D eigenvalue weighted by atomic mass is 32.1. The number of ether oxygens (including phenoxy) is 1. The summed E-state index contributed by atoms with van der Waals surface area (Å²) < 4.78 is 4.76. The molecule has 2 aromatic rings.